The van der Waals surface area contributed by atoms with Gasteiger partial charge in [0.05, 0.1) is 11.0 Å². The molecule has 100 valence electrons. The van der Waals surface area contributed by atoms with Gasteiger partial charge >= 0.3 is 0 Å². The van der Waals surface area contributed by atoms with Crippen LogP contribution in [0.5, 0.6) is 0 Å². The number of sulfonamides is 1. The number of aliphatic hydroxyl groups excluding tert-OH is 1. The molecule has 1 aromatic carbocycles. The smallest absolute Gasteiger partial charge is 0.240 e. The second-order valence-corrected chi connectivity index (χ2v) is 7.21. The summed E-state index contributed by atoms with van der Waals surface area (Å²) in [5.41, 5.74) is 0.866. The standard InChI is InChI=1S/C12H16BrNO3S/c1-8-7-9(5-6-10(8)13)18(16,17)14-11-3-2-4-12(11)15/h5-7,11-12,14-15H,2-4H2,1H3/t11-,12+/m0/s1. The average Bonchev–Trinajstić information content (AvgIpc) is 2.67. The van der Waals surface area contributed by atoms with Crippen LogP contribution < -0.4 is 4.72 Å². The zero-order chi connectivity index (χ0) is 13.3. The van der Waals surface area contributed by atoms with Gasteiger partial charge in [0.25, 0.3) is 0 Å². The maximum Gasteiger partial charge on any atom is 0.240 e. The number of hydrogen-bond donors (Lipinski definition) is 2. The fourth-order valence-electron chi connectivity index (χ4n) is 2.13. The molecule has 2 atom stereocenters. The van der Waals surface area contributed by atoms with Crippen LogP contribution in [0, 0.1) is 6.92 Å². The third-order valence-electron chi connectivity index (χ3n) is 3.23. The van der Waals surface area contributed by atoms with E-state index in [4.69, 9.17) is 0 Å². The lowest BCUT2D eigenvalue weighted by Crippen LogP contribution is -2.39. The average molecular weight is 334 g/mol. The number of nitrogens with one attached hydrogen (secondary N) is 1. The summed E-state index contributed by atoms with van der Waals surface area (Å²) >= 11 is 3.34. The second kappa shape index (κ2) is 5.28. The predicted molar refractivity (Wildman–Crippen MR) is 72.8 cm³/mol. The van der Waals surface area contributed by atoms with Crippen LogP contribution >= 0.6 is 15.9 Å². The first-order chi connectivity index (χ1) is 8.40. The number of rotatable bonds is 3. The van der Waals surface area contributed by atoms with E-state index in [1.165, 1.54) is 0 Å². The fourth-order valence-corrected chi connectivity index (χ4v) is 3.76. The molecule has 1 aliphatic rings. The zero-order valence-corrected chi connectivity index (χ0v) is 12.5. The monoisotopic (exact) mass is 333 g/mol. The van der Waals surface area contributed by atoms with Crippen LogP contribution in [-0.4, -0.2) is 25.7 Å². The highest BCUT2D eigenvalue weighted by molar-refractivity contribution is 9.10. The molecule has 2 N–H and O–H groups in total. The molecule has 1 aliphatic carbocycles. The summed E-state index contributed by atoms with van der Waals surface area (Å²) in [4.78, 5) is 0.238. The van der Waals surface area contributed by atoms with Crippen molar-refractivity contribution >= 4 is 26.0 Å². The summed E-state index contributed by atoms with van der Waals surface area (Å²) in [7, 11) is -3.55. The van der Waals surface area contributed by atoms with Gasteiger partial charge in [-0.1, -0.05) is 15.9 Å². The summed E-state index contributed by atoms with van der Waals surface area (Å²) in [6.45, 7) is 1.84. The van der Waals surface area contributed by atoms with Gasteiger partial charge in [0, 0.05) is 10.5 Å². The Morgan fingerprint density at radius 1 is 1.39 bits per heavy atom. The first-order valence-corrected chi connectivity index (χ1v) is 8.14. The summed E-state index contributed by atoms with van der Waals surface area (Å²) < 4.78 is 27.8. The van der Waals surface area contributed by atoms with Crippen LogP contribution in [-0.2, 0) is 10.0 Å². The molecule has 4 nitrogen and oxygen atoms in total. The summed E-state index contributed by atoms with van der Waals surface area (Å²) in [6, 6.07) is 4.53. The van der Waals surface area contributed by atoms with Gasteiger partial charge < -0.3 is 5.11 Å². The Morgan fingerprint density at radius 2 is 2.11 bits per heavy atom. The highest BCUT2D eigenvalue weighted by Crippen LogP contribution is 2.23. The Morgan fingerprint density at radius 3 is 2.67 bits per heavy atom. The molecule has 0 heterocycles. The van der Waals surface area contributed by atoms with E-state index in [0.717, 1.165) is 16.5 Å². The Hall–Kier alpha value is -0.430. The van der Waals surface area contributed by atoms with Crippen LogP contribution in [0.25, 0.3) is 0 Å². The van der Waals surface area contributed by atoms with Crippen molar-refractivity contribution in [3.63, 3.8) is 0 Å². The number of hydrogen-bond acceptors (Lipinski definition) is 3. The number of halogens is 1. The second-order valence-electron chi connectivity index (χ2n) is 4.64. The van der Waals surface area contributed by atoms with Gasteiger partial charge in [0.1, 0.15) is 0 Å². The molecule has 0 radical (unpaired) electrons. The third-order valence-corrected chi connectivity index (χ3v) is 5.60. The van der Waals surface area contributed by atoms with Gasteiger partial charge in [-0.15, -0.1) is 0 Å². The van der Waals surface area contributed by atoms with Crippen molar-refractivity contribution in [3.8, 4) is 0 Å². The molecule has 0 aliphatic heterocycles. The van der Waals surface area contributed by atoms with E-state index in [-0.39, 0.29) is 10.9 Å². The Bertz CT molecular complexity index is 544. The molecule has 0 aromatic heterocycles. The van der Waals surface area contributed by atoms with Gasteiger partial charge in [0.2, 0.25) is 10.0 Å². The van der Waals surface area contributed by atoms with E-state index in [9.17, 15) is 13.5 Å². The maximum absolute atomic E-state index is 12.2. The van der Waals surface area contributed by atoms with Crippen molar-refractivity contribution in [2.45, 2.75) is 43.2 Å². The molecule has 18 heavy (non-hydrogen) atoms. The molecule has 0 unspecified atom stereocenters. The van der Waals surface area contributed by atoms with Crippen LogP contribution in [0.4, 0.5) is 0 Å². The van der Waals surface area contributed by atoms with Crippen molar-refractivity contribution in [3.05, 3.63) is 28.2 Å². The normalized spacial score (nSPS) is 24.4. The van der Waals surface area contributed by atoms with Crippen molar-refractivity contribution in [1.82, 2.24) is 4.72 Å². The number of benzene rings is 1. The molecule has 0 spiro atoms. The molecular formula is C12H16BrNO3S. The van der Waals surface area contributed by atoms with E-state index in [1.807, 2.05) is 6.92 Å². The third kappa shape index (κ3) is 2.93. The Kier molecular flexibility index (Phi) is 4.11. The fraction of sp³-hybridized carbons (Fsp3) is 0.500. The highest BCUT2D eigenvalue weighted by Gasteiger charge is 2.29. The summed E-state index contributed by atoms with van der Waals surface area (Å²) in [5.74, 6) is 0. The largest absolute Gasteiger partial charge is 0.391 e. The van der Waals surface area contributed by atoms with Gasteiger partial charge in [0.15, 0.2) is 0 Å². The summed E-state index contributed by atoms with van der Waals surface area (Å²) in [6.07, 6.45) is 1.63. The lowest BCUT2D eigenvalue weighted by Gasteiger charge is -2.16. The van der Waals surface area contributed by atoms with E-state index < -0.39 is 16.1 Å². The van der Waals surface area contributed by atoms with Crippen molar-refractivity contribution in [2.75, 3.05) is 0 Å². The van der Waals surface area contributed by atoms with Crippen LogP contribution in [0.3, 0.4) is 0 Å². The lowest BCUT2D eigenvalue weighted by atomic mass is 10.2. The Labute approximate surface area is 116 Å². The van der Waals surface area contributed by atoms with Gasteiger partial charge in [-0.05, 0) is 49.9 Å². The van der Waals surface area contributed by atoms with Crippen LogP contribution in [0.2, 0.25) is 0 Å². The molecule has 2 rings (SSSR count). The number of aliphatic hydroxyl groups is 1. The molecule has 1 aromatic rings. The molecule has 1 fully saturated rings. The minimum absolute atomic E-state index is 0.238. The number of aryl methyl sites for hydroxylation is 1. The molecule has 0 amide bonds. The molecule has 1 saturated carbocycles. The quantitative estimate of drug-likeness (QED) is 0.888. The minimum atomic E-state index is -3.55. The zero-order valence-electron chi connectivity index (χ0n) is 10.1. The highest BCUT2D eigenvalue weighted by atomic mass is 79.9. The van der Waals surface area contributed by atoms with E-state index >= 15 is 0 Å². The van der Waals surface area contributed by atoms with Crippen LogP contribution in [0.1, 0.15) is 24.8 Å². The Balaban J connectivity index is 2.22. The SMILES string of the molecule is Cc1cc(S(=O)(=O)N[C@H]2CCC[C@H]2O)ccc1Br. The van der Waals surface area contributed by atoms with Crippen molar-refractivity contribution in [2.24, 2.45) is 0 Å². The van der Waals surface area contributed by atoms with E-state index in [1.54, 1.807) is 18.2 Å². The van der Waals surface area contributed by atoms with E-state index in [2.05, 4.69) is 20.7 Å². The molecule has 6 heteroatoms. The molecular weight excluding hydrogens is 318 g/mol. The molecule has 0 bridgehead atoms. The van der Waals surface area contributed by atoms with Crippen LogP contribution in [0.15, 0.2) is 27.6 Å². The first kappa shape index (κ1) is 14.0. The van der Waals surface area contributed by atoms with Crippen molar-refractivity contribution < 1.29 is 13.5 Å². The van der Waals surface area contributed by atoms with E-state index in [0.29, 0.717) is 12.8 Å². The lowest BCUT2D eigenvalue weighted by molar-refractivity contribution is 0.159. The van der Waals surface area contributed by atoms with Gasteiger partial charge in [-0.2, -0.15) is 0 Å². The van der Waals surface area contributed by atoms with Crippen molar-refractivity contribution in [1.29, 1.82) is 0 Å². The maximum atomic E-state index is 12.2. The summed E-state index contributed by atoms with van der Waals surface area (Å²) in [5, 5.41) is 9.66. The predicted octanol–water partition coefficient (Wildman–Crippen LogP) is 1.95. The minimum Gasteiger partial charge on any atom is -0.391 e. The topological polar surface area (TPSA) is 66.4 Å². The first-order valence-electron chi connectivity index (χ1n) is 5.87. The van der Waals surface area contributed by atoms with Gasteiger partial charge in [-0.3, -0.25) is 0 Å². The van der Waals surface area contributed by atoms with Gasteiger partial charge in [-0.25, -0.2) is 13.1 Å². The molecule has 0 saturated heterocycles.